The average Bonchev–Trinajstić information content (AvgIpc) is 2.34. The minimum atomic E-state index is -0.0758. The van der Waals surface area contributed by atoms with Crippen molar-refractivity contribution in [3.63, 3.8) is 0 Å². The number of anilines is 3. The molecule has 1 amide bonds. The van der Waals surface area contributed by atoms with Gasteiger partial charge in [-0.1, -0.05) is 29.8 Å². The van der Waals surface area contributed by atoms with E-state index in [0.717, 1.165) is 17.1 Å². The number of carbonyl (C=O) groups excluding carboxylic acids is 1. The molecular weight excluding hydrogens is 224 g/mol. The van der Waals surface area contributed by atoms with Crippen LogP contribution in [0.2, 0.25) is 0 Å². The first-order valence-electron chi connectivity index (χ1n) is 5.85. The molecule has 0 aliphatic rings. The Morgan fingerprint density at radius 3 is 2.17 bits per heavy atom. The molecule has 0 bridgehead atoms. The molecule has 0 heterocycles. The van der Waals surface area contributed by atoms with Crippen LogP contribution >= 0.6 is 0 Å². The quantitative estimate of drug-likeness (QED) is 0.859. The zero-order valence-corrected chi connectivity index (χ0v) is 10.5. The van der Waals surface area contributed by atoms with Gasteiger partial charge < -0.3 is 10.6 Å². The maximum Gasteiger partial charge on any atom is 0.221 e. The van der Waals surface area contributed by atoms with E-state index in [1.807, 2.05) is 48.5 Å². The first-order chi connectivity index (χ1) is 8.65. The van der Waals surface area contributed by atoms with Crippen LogP contribution in [0.25, 0.3) is 0 Å². The molecule has 0 saturated carbocycles. The van der Waals surface area contributed by atoms with Crippen molar-refractivity contribution in [2.45, 2.75) is 13.8 Å². The van der Waals surface area contributed by atoms with Crippen LogP contribution in [0.5, 0.6) is 0 Å². The van der Waals surface area contributed by atoms with Crippen LogP contribution < -0.4 is 10.6 Å². The van der Waals surface area contributed by atoms with Gasteiger partial charge in [0.1, 0.15) is 0 Å². The van der Waals surface area contributed by atoms with Gasteiger partial charge in [-0.3, -0.25) is 4.79 Å². The third-order valence-electron chi connectivity index (χ3n) is 2.57. The number of carbonyl (C=O) groups is 1. The Hall–Kier alpha value is -2.29. The Kier molecular flexibility index (Phi) is 3.63. The average molecular weight is 240 g/mol. The van der Waals surface area contributed by atoms with Crippen molar-refractivity contribution in [3.8, 4) is 0 Å². The molecule has 2 N–H and O–H groups in total. The number of aryl methyl sites for hydroxylation is 1. The standard InChI is InChI=1S/C15H16N2O/c1-11-7-9-13(10-8-11)17-15-6-4-3-5-14(15)16-12(2)18/h3-10,17H,1-2H3,(H,16,18). The summed E-state index contributed by atoms with van der Waals surface area (Å²) in [7, 11) is 0. The van der Waals surface area contributed by atoms with E-state index in [2.05, 4.69) is 17.6 Å². The highest BCUT2D eigenvalue weighted by atomic mass is 16.1. The van der Waals surface area contributed by atoms with E-state index in [4.69, 9.17) is 0 Å². The van der Waals surface area contributed by atoms with Gasteiger partial charge >= 0.3 is 0 Å². The highest BCUT2D eigenvalue weighted by Crippen LogP contribution is 2.25. The van der Waals surface area contributed by atoms with E-state index >= 15 is 0 Å². The molecule has 18 heavy (non-hydrogen) atoms. The fraction of sp³-hybridized carbons (Fsp3) is 0.133. The molecule has 2 aromatic carbocycles. The Labute approximate surface area is 107 Å². The molecule has 3 heteroatoms. The molecule has 3 nitrogen and oxygen atoms in total. The Morgan fingerprint density at radius 2 is 1.56 bits per heavy atom. The third kappa shape index (κ3) is 3.10. The SMILES string of the molecule is CC(=O)Nc1ccccc1Nc1ccc(C)cc1. The van der Waals surface area contributed by atoms with Gasteiger partial charge in [0.25, 0.3) is 0 Å². The van der Waals surface area contributed by atoms with Crippen molar-refractivity contribution in [1.82, 2.24) is 0 Å². The zero-order chi connectivity index (χ0) is 13.0. The zero-order valence-electron chi connectivity index (χ0n) is 10.5. The smallest absolute Gasteiger partial charge is 0.221 e. The first-order valence-corrected chi connectivity index (χ1v) is 5.85. The molecule has 0 saturated heterocycles. The molecular formula is C15H16N2O. The number of rotatable bonds is 3. The highest BCUT2D eigenvalue weighted by molar-refractivity contribution is 5.93. The number of hydrogen-bond donors (Lipinski definition) is 2. The summed E-state index contributed by atoms with van der Waals surface area (Å²) in [6.07, 6.45) is 0. The summed E-state index contributed by atoms with van der Waals surface area (Å²) in [6.45, 7) is 3.55. The lowest BCUT2D eigenvalue weighted by molar-refractivity contribution is -0.114. The molecule has 0 atom stereocenters. The lowest BCUT2D eigenvalue weighted by Crippen LogP contribution is -2.07. The second kappa shape index (κ2) is 5.36. The van der Waals surface area contributed by atoms with E-state index in [1.54, 1.807) is 0 Å². The number of hydrogen-bond acceptors (Lipinski definition) is 2. The van der Waals surface area contributed by atoms with Crippen LogP contribution in [0.15, 0.2) is 48.5 Å². The molecule has 0 unspecified atom stereocenters. The predicted octanol–water partition coefficient (Wildman–Crippen LogP) is 3.70. The maximum absolute atomic E-state index is 11.1. The van der Waals surface area contributed by atoms with E-state index < -0.39 is 0 Å². The predicted molar refractivity (Wildman–Crippen MR) is 75.2 cm³/mol. The van der Waals surface area contributed by atoms with E-state index in [0.29, 0.717) is 0 Å². The molecule has 0 spiro atoms. The van der Waals surface area contributed by atoms with Gasteiger partial charge in [-0.15, -0.1) is 0 Å². The summed E-state index contributed by atoms with van der Waals surface area (Å²) in [6, 6.07) is 15.8. The summed E-state index contributed by atoms with van der Waals surface area (Å²) in [5, 5.41) is 6.09. The minimum absolute atomic E-state index is 0.0758. The van der Waals surface area contributed by atoms with E-state index in [1.165, 1.54) is 12.5 Å². The fourth-order valence-corrected chi connectivity index (χ4v) is 1.68. The van der Waals surface area contributed by atoms with Gasteiger partial charge in [0.15, 0.2) is 0 Å². The van der Waals surface area contributed by atoms with Crippen molar-refractivity contribution < 1.29 is 4.79 Å². The number of nitrogens with one attached hydrogen (secondary N) is 2. The molecule has 0 aliphatic carbocycles. The summed E-state index contributed by atoms with van der Waals surface area (Å²) < 4.78 is 0. The molecule has 0 aromatic heterocycles. The van der Waals surface area contributed by atoms with Crippen LogP contribution in [0, 0.1) is 6.92 Å². The molecule has 0 fully saturated rings. The maximum atomic E-state index is 11.1. The van der Waals surface area contributed by atoms with E-state index in [-0.39, 0.29) is 5.91 Å². The topological polar surface area (TPSA) is 41.1 Å². The van der Waals surface area contributed by atoms with Crippen molar-refractivity contribution in [3.05, 3.63) is 54.1 Å². The second-order valence-corrected chi connectivity index (χ2v) is 4.22. The number of amides is 1. The van der Waals surface area contributed by atoms with Gasteiger partial charge in [0, 0.05) is 12.6 Å². The number of para-hydroxylation sites is 2. The van der Waals surface area contributed by atoms with Crippen LogP contribution in [0.1, 0.15) is 12.5 Å². The molecule has 2 aromatic rings. The van der Waals surface area contributed by atoms with Gasteiger partial charge in [0.2, 0.25) is 5.91 Å². The van der Waals surface area contributed by atoms with Crippen molar-refractivity contribution in [1.29, 1.82) is 0 Å². The van der Waals surface area contributed by atoms with Crippen LogP contribution in [-0.2, 0) is 4.79 Å². The Bertz CT molecular complexity index is 547. The first kappa shape index (κ1) is 12.2. The van der Waals surface area contributed by atoms with Crippen LogP contribution in [0.4, 0.5) is 17.1 Å². The lowest BCUT2D eigenvalue weighted by atomic mass is 10.2. The Morgan fingerprint density at radius 1 is 0.944 bits per heavy atom. The summed E-state index contributed by atoms with van der Waals surface area (Å²) in [5.41, 5.74) is 3.89. The second-order valence-electron chi connectivity index (χ2n) is 4.22. The van der Waals surface area contributed by atoms with Gasteiger partial charge in [-0.2, -0.15) is 0 Å². The van der Waals surface area contributed by atoms with Crippen molar-refractivity contribution in [2.75, 3.05) is 10.6 Å². The summed E-state index contributed by atoms with van der Waals surface area (Å²) in [5.74, 6) is -0.0758. The number of benzene rings is 2. The minimum Gasteiger partial charge on any atom is -0.354 e. The fourth-order valence-electron chi connectivity index (χ4n) is 1.68. The van der Waals surface area contributed by atoms with Crippen LogP contribution in [-0.4, -0.2) is 5.91 Å². The van der Waals surface area contributed by atoms with E-state index in [9.17, 15) is 4.79 Å². The molecule has 92 valence electrons. The largest absolute Gasteiger partial charge is 0.354 e. The molecule has 0 radical (unpaired) electrons. The molecule has 2 rings (SSSR count). The Balaban J connectivity index is 2.23. The summed E-state index contributed by atoms with van der Waals surface area (Å²) >= 11 is 0. The van der Waals surface area contributed by atoms with Gasteiger partial charge in [-0.05, 0) is 31.2 Å². The van der Waals surface area contributed by atoms with Crippen molar-refractivity contribution in [2.24, 2.45) is 0 Å². The highest BCUT2D eigenvalue weighted by Gasteiger charge is 2.03. The lowest BCUT2D eigenvalue weighted by Gasteiger charge is -2.12. The summed E-state index contributed by atoms with van der Waals surface area (Å²) in [4.78, 5) is 11.1. The normalized spacial score (nSPS) is 9.89. The van der Waals surface area contributed by atoms with Crippen molar-refractivity contribution >= 4 is 23.0 Å². The van der Waals surface area contributed by atoms with Gasteiger partial charge in [-0.25, -0.2) is 0 Å². The monoisotopic (exact) mass is 240 g/mol. The third-order valence-corrected chi connectivity index (χ3v) is 2.57. The van der Waals surface area contributed by atoms with Crippen LogP contribution in [0.3, 0.4) is 0 Å². The van der Waals surface area contributed by atoms with Gasteiger partial charge in [0.05, 0.1) is 11.4 Å². The molecule has 0 aliphatic heterocycles.